The van der Waals surface area contributed by atoms with E-state index >= 15 is 0 Å². The fourth-order valence-corrected chi connectivity index (χ4v) is 3.20. The highest BCUT2D eigenvalue weighted by molar-refractivity contribution is 6.42. The van der Waals surface area contributed by atoms with Gasteiger partial charge in [0.05, 0.1) is 13.0 Å². The molecule has 148 valence electrons. The molecule has 2 rings (SSSR count). The van der Waals surface area contributed by atoms with Crippen LogP contribution in [0.1, 0.15) is 35.3 Å². The Morgan fingerprint density at radius 3 is 2.33 bits per heavy atom. The number of phenolic OH excluding ortho intramolecular Hbond substituents is 1. The second-order valence-corrected chi connectivity index (χ2v) is 6.85. The SMILES string of the molecule is COC(=O)c1c(C)cc(OC2C(C)C(=O)C(=O)C(C)(OC)C2O)c(C)c1O. The summed E-state index contributed by atoms with van der Waals surface area (Å²) >= 11 is 0. The van der Waals surface area contributed by atoms with E-state index < -0.39 is 41.3 Å². The molecule has 4 atom stereocenters. The Kier molecular flexibility index (Phi) is 5.63. The van der Waals surface area contributed by atoms with Crippen LogP contribution in [0, 0.1) is 19.8 Å². The summed E-state index contributed by atoms with van der Waals surface area (Å²) in [6.07, 6.45) is -2.49. The van der Waals surface area contributed by atoms with E-state index in [2.05, 4.69) is 4.74 Å². The molecule has 1 aliphatic rings. The largest absolute Gasteiger partial charge is 0.507 e. The predicted octanol–water partition coefficient (Wildman–Crippen LogP) is 1.10. The van der Waals surface area contributed by atoms with Gasteiger partial charge in [0, 0.05) is 12.7 Å². The normalized spacial score (nSPS) is 28.2. The summed E-state index contributed by atoms with van der Waals surface area (Å²) in [5.41, 5.74) is -1.09. The van der Waals surface area contributed by atoms with E-state index in [-0.39, 0.29) is 22.6 Å². The van der Waals surface area contributed by atoms with Crippen molar-refractivity contribution in [1.29, 1.82) is 0 Å². The van der Waals surface area contributed by atoms with Crippen molar-refractivity contribution in [3.8, 4) is 11.5 Å². The number of benzene rings is 1. The van der Waals surface area contributed by atoms with E-state index in [0.29, 0.717) is 5.56 Å². The van der Waals surface area contributed by atoms with Crippen LogP contribution in [0.5, 0.6) is 11.5 Å². The Morgan fingerprint density at radius 1 is 1.22 bits per heavy atom. The van der Waals surface area contributed by atoms with Gasteiger partial charge in [0.1, 0.15) is 29.3 Å². The lowest BCUT2D eigenvalue weighted by atomic mass is 9.74. The molecule has 8 heteroatoms. The van der Waals surface area contributed by atoms with Gasteiger partial charge in [-0.3, -0.25) is 9.59 Å². The zero-order valence-corrected chi connectivity index (χ0v) is 16.2. The maximum atomic E-state index is 12.3. The molecule has 8 nitrogen and oxygen atoms in total. The first-order valence-corrected chi connectivity index (χ1v) is 8.41. The lowest BCUT2D eigenvalue weighted by molar-refractivity contribution is -0.184. The number of Topliss-reactive ketones (excluding diaryl/α,β-unsaturated/α-hetero) is 2. The molecule has 0 aromatic heterocycles. The second-order valence-electron chi connectivity index (χ2n) is 6.85. The Morgan fingerprint density at radius 2 is 1.81 bits per heavy atom. The quantitative estimate of drug-likeness (QED) is 0.589. The molecule has 4 unspecified atom stereocenters. The second kappa shape index (κ2) is 7.28. The van der Waals surface area contributed by atoms with Crippen LogP contribution in [-0.4, -0.2) is 59.8 Å². The number of ketones is 2. The number of aliphatic hydroxyl groups is 1. The maximum absolute atomic E-state index is 12.3. The zero-order chi connectivity index (χ0) is 20.7. The molecule has 2 N–H and O–H groups in total. The highest BCUT2D eigenvalue weighted by Gasteiger charge is 2.57. The number of carbonyl (C=O) groups excluding carboxylic acids is 3. The number of hydrogen-bond acceptors (Lipinski definition) is 8. The summed E-state index contributed by atoms with van der Waals surface area (Å²) < 4.78 is 15.6. The maximum Gasteiger partial charge on any atom is 0.341 e. The van der Waals surface area contributed by atoms with Crippen molar-refractivity contribution < 1.29 is 38.8 Å². The van der Waals surface area contributed by atoms with Crippen molar-refractivity contribution in [1.82, 2.24) is 0 Å². The number of aryl methyl sites for hydroxylation is 1. The molecular weight excluding hydrogens is 356 g/mol. The third kappa shape index (κ3) is 3.19. The highest BCUT2D eigenvalue weighted by Crippen LogP contribution is 2.38. The Labute approximate surface area is 157 Å². The summed E-state index contributed by atoms with van der Waals surface area (Å²) in [6.45, 7) is 5.93. The lowest BCUT2D eigenvalue weighted by Gasteiger charge is -2.42. The molecule has 0 radical (unpaired) electrons. The molecule has 0 bridgehead atoms. The van der Waals surface area contributed by atoms with Crippen molar-refractivity contribution in [2.75, 3.05) is 14.2 Å². The van der Waals surface area contributed by atoms with Crippen LogP contribution in [0.2, 0.25) is 0 Å². The monoisotopic (exact) mass is 380 g/mol. The van der Waals surface area contributed by atoms with Crippen LogP contribution in [0.3, 0.4) is 0 Å². The Balaban J connectivity index is 2.48. The van der Waals surface area contributed by atoms with Crippen molar-refractivity contribution in [2.45, 2.75) is 45.5 Å². The van der Waals surface area contributed by atoms with Gasteiger partial charge >= 0.3 is 5.97 Å². The third-order valence-corrected chi connectivity index (χ3v) is 5.24. The third-order valence-electron chi connectivity index (χ3n) is 5.24. The van der Waals surface area contributed by atoms with Crippen molar-refractivity contribution >= 4 is 17.5 Å². The van der Waals surface area contributed by atoms with Gasteiger partial charge in [-0.25, -0.2) is 4.79 Å². The van der Waals surface area contributed by atoms with Crippen LogP contribution in [0.4, 0.5) is 0 Å². The topological polar surface area (TPSA) is 119 Å². The smallest absolute Gasteiger partial charge is 0.341 e. The summed E-state index contributed by atoms with van der Waals surface area (Å²) in [7, 11) is 2.43. The summed E-state index contributed by atoms with van der Waals surface area (Å²) in [5, 5.41) is 21.0. The minimum Gasteiger partial charge on any atom is -0.507 e. The van der Waals surface area contributed by atoms with Gasteiger partial charge in [-0.1, -0.05) is 6.92 Å². The molecule has 1 saturated carbocycles. The standard InChI is InChI=1S/C19H24O8/c1-8-7-11(9(2)13(20)12(8)18(24)25-5)27-15-10(3)14(21)16(22)19(4,26-6)17(15)23/h7,10,15,17,20,23H,1-6H3. The van der Waals surface area contributed by atoms with E-state index in [1.807, 2.05) is 0 Å². The zero-order valence-electron chi connectivity index (χ0n) is 16.2. The number of carbonyl (C=O) groups is 3. The molecule has 0 heterocycles. The molecule has 1 aliphatic carbocycles. The molecule has 1 aromatic carbocycles. The van der Waals surface area contributed by atoms with E-state index in [1.165, 1.54) is 41.1 Å². The van der Waals surface area contributed by atoms with Crippen molar-refractivity contribution in [3.05, 3.63) is 22.8 Å². The van der Waals surface area contributed by atoms with Crippen molar-refractivity contribution in [3.63, 3.8) is 0 Å². The van der Waals surface area contributed by atoms with E-state index in [9.17, 15) is 24.6 Å². The number of methoxy groups -OCH3 is 2. The van der Waals surface area contributed by atoms with Crippen LogP contribution < -0.4 is 4.74 Å². The number of phenols is 1. The van der Waals surface area contributed by atoms with Crippen molar-refractivity contribution in [2.24, 2.45) is 5.92 Å². The number of hydrogen-bond donors (Lipinski definition) is 2. The molecule has 1 aromatic rings. The molecular formula is C19H24O8. The molecule has 0 spiro atoms. The van der Waals surface area contributed by atoms with Gasteiger partial charge in [-0.2, -0.15) is 0 Å². The Hall–Kier alpha value is -2.45. The number of aliphatic hydroxyl groups excluding tert-OH is 1. The molecule has 0 amide bonds. The van der Waals surface area contributed by atoms with Gasteiger partial charge in [-0.05, 0) is 32.4 Å². The van der Waals surface area contributed by atoms with Gasteiger partial charge in [0.15, 0.2) is 5.60 Å². The van der Waals surface area contributed by atoms with Crippen LogP contribution in [0.15, 0.2) is 6.07 Å². The number of aromatic hydroxyl groups is 1. The molecule has 1 fully saturated rings. The molecule has 27 heavy (non-hydrogen) atoms. The minimum atomic E-state index is -1.73. The van der Waals surface area contributed by atoms with Gasteiger partial charge < -0.3 is 24.4 Å². The highest BCUT2D eigenvalue weighted by atomic mass is 16.5. The number of rotatable bonds is 4. The first-order valence-electron chi connectivity index (χ1n) is 8.41. The fraction of sp³-hybridized carbons (Fsp3) is 0.526. The van der Waals surface area contributed by atoms with E-state index in [4.69, 9.17) is 9.47 Å². The van der Waals surface area contributed by atoms with Crippen LogP contribution in [0.25, 0.3) is 0 Å². The minimum absolute atomic E-state index is 0.00701. The number of ether oxygens (including phenoxy) is 3. The Bertz CT molecular complexity index is 799. The first-order chi connectivity index (χ1) is 12.5. The van der Waals surface area contributed by atoms with Gasteiger partial charge in [0.25, 0.3) is 0 Å². The summed E-state index contributed by atoms with van der Waals surface area (Å²) in [5.74, 6) is -3.28. The fourth-order valence-electron chi connectivity index (χ4n) is 3.20. The van der Waals surface area contributed by atoms with Gasteiger partial charge in [0.2, 0.25) is 11.6 Å². The average Bonchev–Trinajstić information content (AvgIpc) is 2.65. The first kappa shape index (κ1) is 20.9. The summed E-state index contributed by atoms with van der Waals surface area (Å²) in [4.78, 5) is 36.4. The molecule has 0 aliphatic heterocycles. The molecule has 0 saturated heterocycles. The number of esters is 1. The predicted molar refractivity (Wildman–Crippen MR) is 93.9 cm³/mol. The van der Waals surface area contributed by atoms with Crippen LogP contribution in [-0.2, 0) is 19.1 Å². The van der Waals surface area contributed by atoms with Gasteiger partial charge in [-0.15, -0.1) is 0 Å². The summed E-state index contributed by atoms with van der Waals surface area (Å²) in [6, 6.07) is 1.51. The van der Waals surface area contributed by atoms with E-state index in [0.717, 1.165) is 0 Å². The van der Waals surface area contributed by atoms with Crippen LogP contribution >= 0.6 is 0 Å². The average molecular weight is 380 g/mol. The van der Waals surface area contributed by atoms with E-state index in [1.54, 1.807) is 6.92 Å². The lowest BCUT2D eigenvalue weighted by Crippen LogP contribution is -2.65.